The van der Waals surface area contributed by atoms with Gasteiger partial charge in [0.2, 0.25) is 0 Å². The van der Waals surface area contributed by atoms with Crippen LogP contribution in [-0.4, -0.2) is 90.4 Å². The largest absolute Gasteiger partial charge is 0.502 e. The van der Waals surface area contributed by atoms with Gasteiger partial charge in [-0.3, -0.25) is 33.7 Å². The number of hydrogen-bond donors (Lipinski definition) is 6. The van der Waals surface area contributed by atoms with Crippen molar-refractivity contribution in [2.75, 3.05) is 32.7 Å². The van der Waals surface area contributed by atoms with Crippen LogP contribution < -0.4 is 32.6 Å². The van der Waals surface area contributed by atoms with Gasteiger partial charge in [0.1, 0.15) is 0 Å². The Labute approximate surface area is 263 Å². The SMILES string of the molecule is CCCC(CN(CCNC(=O)c1ccn(C)c(=O)c1O)CCNC(=O)c1ccn(C)c(=O)c1O)NC(=O)c1ccn(C)c(=O)c1O. The Morgan fingerprint density at radius 3 is 1.43 bits per heavy atom. The maximum atomic E-state index is 13.0. The van der Waals surface area contributed by atoms with E-state index >= 15 is 0 Å². The van der Waals surface area contributed by atoms with Gasteiger partial charge in [0.25, 0.3) is 34.4 Å². The summed E-state index contributed by atoms with van der Waals surface area (Å²) in [6.07, 6.45) is 5.24. The molecule has 3 aromatic rings. The fourth-order valence-electron chi connectivity index (χ4n) is 4.67. The molecule has 1 atom stereocenters. The number of rotatable bonds is 14. The Morgan fingerprint density at radius 1 is 0.696 bits per heavy atom. The van der Waals surface area contributed by atoms with Gasteiger partial charge < -0.3 is 45.0 Å². The first kappa shape index (κ1) is 35.1. The molecule has 0 aliphatic rings. The number of hydrogen-bond acceptors (Lipinski definition) is 10. The number of carbonyl (C=O) groups is 3. The van der Waals surface area contributed by atoms with Crippen LogP contribution in [-0.2, 0) is 21.1 Å². The van der Waals surface area contributed by atoms with E-state index in [1.165, 1.54) is 57.9 Å². The fraction of sp³-hybridized carbons (Fsp3) is 0.400. The lowest BCUT2D eigenvalue weighted by Gasteiger charge is -2.28. The van der Waals surface area contributed by atoms with E-state index in [9.17, 15) is 44.1 Å². The zero-order chi connectivity index (χ0) is 34.1. The molecule has 3 amide bonds. The molecule has 3 heterocycles. The molecular weight excluding hydrogens is 602 g/mol. The lowest BCUT2D eigenvalue weighted by Crippen LogP contribution is -2.48. The van der Waals surface area contributed by atoms with E-state index in [0.29, 0.717) is 12.8 Å². The van der Waals surface area contributed by atoms with Crippen molar-refractivity contribution >= 4 is 17.7 Å². The predicted molar refractivity (Wildman–Crippen MR) is 167 cm³/mol. The normalized spacial score (nSPS) is 11.7. The Hall–Kier alpha value is -5.38. The number of aryl methyl sites for hydroxylation is 3. The second-order valence-electron chi connectivity index (χ2n) is 10.8. The molecule has 16 nitrogen and oxygen atoms in total. The van der Waals surface area contributed by atoms with E-state index in [4.69, 9.17) is 0 Å². The Balaban J connectivity index is 1.74. The monoisotopic (exact) mass is 641 g/mol. The zero-order valence-corrected chi connectivity index (χ0v) is 26.1. The fourth-order valence-corrected chi connectivity index (χ4v) is 4.67. The van der Waals surface area contributed by atoms with Gasteiger partial charge in [-0.2, -0.15) is 0 Å². The molecule has 3 rings (SSSR count). The predicted octanol–water partition coefficient (Wildman–Crippen LogP) is -1.04. The summed E-state index contributed by atoms with van der Waals surface area (Å²) in [6.45, 7) is 2.66. The molecule has 3 aromatic heterocycles. The van der Waals surface area contributed by atoms with Crippen molar-refractivity contribution in [1.82, 2.24) is 34.6 Å². The smallest absolute Gasteiger partial charge is 0.293 e. The van der Waals surface area contributed by atoms with Gasteiger partial charge in [-0.15, -0.1) is 0 Å². The van der Waals surface area contributed by atoms with Crippen LogP contribution in [0.4, 0.5) is 0 Å². The van der Waals surface area contributed by atoms with Crippen molar-refractivity contribution in [3.63, 3.8) is 0 Å². The van der Waals surface area contributed by atoms with Gasteiger partial charge in [-0.1, -0.05) is 13.3 Å². The Kier molecular flexibility index (Phi) is 11.9. The van der Waals surface area contributed by atoms with Crippen molar-refractivity contribution in [1.29, 1.82) is 0 Å². The van der Waals surface area contributed by atoms with Crippen LogP contribution in [0.15, 0.2) is 51.2 Å². The molecule has 0 fully saturated rings. The number of aromatic nitrogens is 3. The highest BCUT2D eigenvalue weighted by molar-refractivity contribution is 5.97. The zero-order valence-electron chi connectivity index (χ0n) is 26.1. The molecule has 6 N–H and O–H groups in total. The van der Waals surface area contributed by atoms with Crippen LogP contribution in [0.5, 0.6) is 17.2 Å². The molecule has 0 saturated heterocycles. The third-order valence-corrected chi connectivity index (χ3v) is 7.34. The van der Waals surface area contributed by atoms with E-state index in [2.05, 4.69) is 16.0 Å². The van der Waals surface area contributed by atoms with E-state index in [0.717, 1.165) is 13.7 Å². The second-order valence-corrected chi connectivity index (χ2v) is 10.8. The minimum atomic E-state index is -0.729. The van der Waals surface area contributed by atoms with Crippen LogP contribution in [0.25, 0.3) is 0 Å². The molecule has 0 aliphatic carbocycles. The van der Waals surface area contributed by atoms with Crippen molar-refractivity contribution in [3.8, 4) is 17.2 Å². The standard InChI is InChI=1S/C30H39N7O9/c1-5-6-18(33-27(43)21-9-14-36(4)30(46)24(21)40)17-37(15-10-31-25(41)19-7-12-34(2)28(44)22(19)38)16-11-32-26(42)20-8-13-35(3)29(45)23(20)39/h7-9,12-14,18,38-40H,5-6,10-11,15-17H2,1-4H3,(H,31,41)(H,32,42)(H,33,43). The highest BCUT2D eigenvalue weighted by Gasteiger charge is 2.22. The molecule has 248 valence electrons. The molecule has 0 saturated carbocycles. The topological polar surface area (TPSA) is 217 Å². The summed E-state index contributed by atoms with van der Waals surface area (Å²) >= 11 is 0. The molecule has 1 unspecified atom stereocenters. The van der Waals surface area contributed by atoms with Gasteiger partial charge >= 0.3 is 0 Å². The molecule has 0 bridgehead atoms. The number of aromatic hydroxyl groups is 3. The molecule has 0 radical (unpaired) electrons. The van der Waals surface area contributed by atoms with Gasteiger partial charge in [-0.05, 0) is 24.6 Å². The Bertz CT molecular complexity index is 1690. The first-order valence-electron chi connectivity index (χ1n) is 14.5. The third kappa shape index (κ3) is 8.41. The minimum absolute atomic E-state index is 0.0548. The van der Waals surface area contributed by atoms with Gasteiger partial charge in [0.15, 0.2) is 17.2 Å². The lowest BCUT2D eigenvalue weighted by molar-refractivity contribution is 0.0917. The summed E-state index contributed by atoms with van der Waals surface area (Å²) < 4.78 is 3.40. The summed E-state index contributed by atoms with van der Waals surface area (Å²) in [5.41, 5.74) is -2.75. The highest BCUT2D eigenvalue weighted by Crippen LogP contribution is 2.13. The van der Waals surface area contributed by atoms with Gasteiger partial charge in [0, 0.05) is 78.5 Å². The van der Waals surface area contributed by atoms with Gasteiger partial charge in [-0.25, -0.2) is 0 Å². The number of pyridine rings is 3. The van der Waals surface area contributed by atoms with Crippen molar-refractivity contribution in [2.45, 2.75) is 25.8 Å². The number of nitrogens with zero attached hydrogens (tertiary/aromatic N) is 4. The van der Waals surface area contributed by atoms with Crippen LogP contribution in [0.1, 0.15) is 50.8 Å². The average Bonchev–Trinajstić information content (AvgIpc) is 3.01. The van der Waals surface area contributed by atoms with E-state index in [1.807, 2.05) is 11.8 Å². The van der Waals surface area contributed by atoms with Crippen molar-refractivity contribution < 1.29 is 29.7 Å². The molecule has 0 aromatic carbocycles. The summed E-state index contributed by atoms with van der Waals surface area (Å²) in [5.74, 6) is -4.07. The molecule has 0 spiro atoms. The van der Waals surface area contributed by atoms with Gasteiger partial charge in [0.05, 0.1) is 16.7 Å². The summed E-state index contributed by atoms with van der Waals surface area (Å²) in [7, 11) is 4.31. The third-order valence-electron chi connectivity index (χ3n) is 7.34. The first-order valence-corrected chi connectivity index (χ1v) is 14.5. The summed E-state index contributed by atoms with van der Waals surface area (Å²) in [4.78, 5) is 76.5. The van der Waals surface area contributed by atoms with E-state index in [-0.39, 0.29) is 49.4 Å². The number of amides is 3. The summed E-state index contributed by atoms with van der Waals surface area (Å²) in [6, 6.07) is 3.47. The maximum absolute atomic E-state index is 13.0. The van der Waals surface area contributed by atoms with Crippen LogP contribution in [0, 0.1) is 0 Å². The first-order chi connectivity index (χ1) is 21.8. The Morgan fingerprint density at radius 2 is 1.07 bits per heavy atom. The molecule has 46 heavy (non-hydrogen) atoms. The quantitative estimate of drug-likeness (QED) is 0.126. The molecular formula is C30H39N7O9. The number of nitrogens with one attached hydrogen (secondary N) is 3. The summed E-state index contributed by atoms with van der Waals surface area (Å²) in [5, 5.41) is 38.6. The second kappa shape index (κ2) is 15.6. The van der Waals surface area contributed by atoms with Crippen molar-refractivity contribution in [2.24, 2.45) is 21.1 Å². The van der Waals surface area contributed by atoms with Crippen LogP contribution in [0.2, 0.25) is 0 Å². The average molecular weight is 642 g/mol. The molecule has 0 aliphatic heterocycles. The van der Waals surface area contributed by atoms with Crippen LogP contribution in [0.3, 0.4) is 0 Å². The molecule has 16 heteroatoms. The van der Waals surface area contributed by atoms with E-state index < -0.39 is 57.7 Å². The highest BCUT2D eigenvalue weighted by atomic mass is 16.3. The van der Waals surface area contributed by atoms with E-state index in [1.54, 1.807) is 0 Å². The lowest BCUT2D eigenvalue weighted by atomic mass is 10.1. The van der Waals surface area contributed by atoms with Crippen molar-refractivity contribution in [3.05, 3.63) is 84.5 Å². The minimum Gasteiger partial charge on any atom is -0.502 e. The maximum Gasteiger partial charge on any atom is 0.293 e. The number of carbonyl (C=O) groups excluding carboxylic acids is 3. The van der Waals surface area contributed by atoms with Crippen LogP contribution >= 0.6 is 0 Å².